The van der Waals surface area contributed by atoms with Crippen molar-refractivity contribution in [1.82, 2.24) is 0 Å². The predicted molar refractivity (Wildman–Crippen MR) is 198 cm³/mol. The van der Waals surface area contributed by atoms with Crippen molar-refractivity contribution in [2.75, 3.05) is 0 Å². The molecule has 0 aliphatic carbocycles. The minimum Gasteiger partial charge on any atom is -0.872 e. The zero-order valence-electron chi connectivity index (χ0n) is 35.6. The Morgan fingerprint density at radius 3 is 0.508 bits per heavy atom. The van der Waals surface area contributed by atoms with Gasteiger partial charge in [-0.05, 0) is 68.2 Å². The summed E-state index contributed by atoms with van der Waals surface area (Å²) in [6, 6.07) is 10.9. The van der Waals surface area contributed by atoms with Gasteiger partial charge in [-0.2, -0.15) is 52.7 Å². The number of hydrogen-bond acceptors (Lipinski definition) is 4. The van der Waals surface area contributed by atoms with Crippen LogP contribution in [-0.4, -0.2) is 0 Å². The third-order valence-corrected chi connectivity index (χ3v) is 8.46. The van der Waals surface area contributed by atoms with E-state index in [-0.39, 0.29) is 67.0 Å². The molecule has 0 bridgehead atoms. The summed E-state index contributed by atoms with van der Waals surface area (Å²) in [5.74, 6) is -1.41. The van der Waals surface area contributed by atoms with Crippen LogP contribution in [-0.2, 0) is 68.1 Å². The molecular formula is C44H48F12O4Ti. The van der Waals surface area contributed by atoms with E-state index < -0.39 is 68.6 Å². The average molecular weight is 917 g/mol. The summed E-state index contributed by atoms with van der Waals surface area (Å²) in [7, 11) is 0. The second kappa shape index (κ2) is 20.0. The van der Waals surface area contributed by atoms with E-state index in [1.165, 1.54) is 0 Å². The van der Waals surface area contributed by atoms with Crippen LogP contribution in [0, 0.1) is 0 Å². The number of rotatable bonds is 0. The Labute approximate surface area is 363 Å². The Balaban J connectivity index is 0.000000783. The summed E-state index contributed by atoms with van der Waals surface area (Å²) in [6.45, 7) is 20.5. The number of alkyl halides is 12. The van der Waals surface area contributed by atoms with Gasteiger partial charge in [0.15, 0.2) is 0 Å². The Kier molecular flexibility index (Phi) is 18.7. The van der Waals surface area contributed by atoms with Crippen molar-refractivity contribution in [2.45, 2.75) is 129 Å². The van der Waals surface area contributed by atoms with E-state index in [4.69, 9.17) is 0 Å². The third kappa shape index (κ3) is 17.7. The molecule has 0 fully saturated rings. The standard InChI is InChI=1S/4C11H13F3O.Ti/c4*1-10(2,3)8-6-7(11(12,13)14)4-5-9(8)15;/h4*4-6,15H,1-3H3;/q;;;;+4/p-4. The molecule has 0 radical (unpaired) electrons. The minimum absolute atomic E-state index is 0. The first-order chi connectivity index (χ1) is 26.5. The van der Waals surface area contributed by atoms with Gasteiger partial charge < -0.3 is 20.4 Å². The molecule has 4 rings (SSSR count). The van der Waals surface area contributed by atoms with Crippen molar-refractivity contribution in [2.24, 2.45) is 0 Å². The monoisotopic (exact) mass is 916 g/mol. The van der Waals surface area contributed by atoms with Crippen molar-refractivity contribution < 1.29 is 94.8 Å². The smallest absolute Gasteiger partial charge is 0.872 e. The van der Waals surface area contributed by atoms with E-state index in [0.717, 1.165) is 72.8 Å². The molecule has 0 unspecified atom stereocenters. The van der Waals surface area contributed by atoms with Crippen LogP contribution in [0.1, 0.15) is 128 Å². The Bertz CT molecular complexity index is 1750. The van der Waals surface area contributed by atoms with E-state index in [1.807, 2.05) is 0 Å². The van der Waals surface area contributed by atoms with E-state index >= 15 is 0 Å². The minimum atomic E-state index is -4.40. The molecule has 0 amide bonds. The third-order valence-electron chi connectivity index (χ3n) is 8.46. The fourth-order valence-corrected chi connectivity index (χ4v) is 5.17. The molecule has 4 aromatic rings. The molecule has 61 heavy (non-hydrogen) atoms. The largest absolute Gasteiger partial charge is 4.00 e. The summed E-state index contributed by atoms with van der Waals surface area (Å²) < 4.78 is 149. The summed E-state index contributed by atoms with van der Waals surface area (Å²) >= 11 is 0. The molecule has 4 nitrogen and oxygen atoms in total. The van der Waals surface area contributed by atoms with Gasteiger partial charge in [0, 0.05) is 0 Å². The molecule has 0 aromatic heterocycles. The van der Waals surface area contributed by atoms with Crippen LogP contribution >= 0.6 is 0 Å². The van der Waals surface area contributed by atoms with Gasteiger partial charge in [-0.15, -0.1) is 23.0 Å². The quantitative estimate of drug-likeness (QED) is 0.130. The first-order valence-corrected chi connectivity index (χ1v) is 18.0. The molecule has 0 heterocycles. The number of benzene rings is 4. The predicted octanol–water partition coefficient (Wildman–Crippen LogP) is 12.3. The molecule has 0 aliphatic heterocycles. The van der Waals surface area contributed by atoms with Gasteiger partial charge >= 0.3 is 46.4 Å². The SMILES string of the molecule is CC(C)(C)c1cc(C(F)(F)F)ccc1[O-].CC(C)(C)c1cc(C(F)(F)F)ccc1[O-].CC(C)(C)c1cc(C(F)(F)F)ccc1[O-].CC(C)(C)c1cc(C(F)(F)F)ccc1[O-].[Ti+4]. The fourth-order valence-electron chi connectivity index (χ4n) is 5.17. The Hall–Kier alpha value is -4.05. The summed E-state index contributed by atoms with van der Waals surface area (Å²) in [5, 5.41) is 45.5. The zero-order valence-corrected chi connectivity index (χ0v) is 37.2. The maximum Gasteiger partial charge on any atom is 4.00 e. The Morgan fingerprint density at radius 1 is 0.279 bits per heavy atom. The maximum absolute atomic E-state index is 12.4. The van der Waals surface area contributed by atoms with Crippen LogP contribution in [0.5, 0.6) is 23.0 Å². The van der Waals surface area contributed by atoms with Gasteiger partial charge in [0.1, 0.15) is 0 Å². The topological polar surface area (TPSA) is 92.2 Å². The van der Waals surface area contributed by atoms with Gasteiger partial charge in [-0.3, -0.25) is 0 Å². The molecule has 17 heteroatoms. The Morgan fingerprint density at radius 2 is 0.410 bits per heavy atom. The van der Waals surface area contributed by atoms with Crippen LogP contribution in [0.2, 0.25) is 0 Å². The van der Waals surface area contributed by atoms with Gasteiger partial charge in [-0.25, -0.2) is 0 Å². The van der Waals surface area contributed by atoms with Crippen LogP contribution in [0.15, 0.2) is 72.8 Å². The van der Waals surface area contributed by atoms with Crippen molar-refractivity contribution in [3.8, 4) is 23.0 Å². The van der Waals surface area contributed by atoms with Crippen LogP contribution in [0.25, 0.3) is 0 Å². The van der Waals surface area contributed by atoms with Crippen LogP contribution < -0.4 is 20.4 Å². The molecule has 0 N–H and O–H groups in total. The van der Waals surface area contributed by atoms with Crippen molar-refractivity contribution in [1.29, 1.82) is 0 Å². The number of hydrogen-bond donors (Lipinski definition) is 0. The molecular weight excluding hydrogens is 868 g/mol. The summed E-state index contributed by atoms with van der Waals surface area (Å²) in [5.41, 5.74) is -4.60. The molecule has 0 saturated carbocycles. The molecule has 0 saturated heterocycles. The van der Waals surface area contributed by atoms with Gasteiger partial charge in [0.05, 0.1) is 22.3 Å². The average Bonchev–Trinajstić information content (AvgIpc) is 3.02. The van der Waals surface area contributed by atoms with Crippen molar-refractivity contribution in [3.63, 3.8) is 0 Å². The van der Waals surface area contributed by atoms with Gasteiger partial charge in [-0.1, -0.05) is 132 Å². The van der Waals surface area contributed by atoms with Gasteiger partial charge in [0.25, 0.3) is 0 Å². The van der Waals surface area contributed by atoms with Crippen LogP contribution in [0.3, 0.4) is 0 Å². The second-order valence-corrected chi connectivity index (χ2v) is 17.8. The molecule has 4 aromatic carbocycles. The first kappa shape index (κ1) is 57.0. The van der Waals surface area contributed by atoms with E-state index in [9.17, 15) is 73.1 Å². The van der Waals surface area contributed by atoms with Gasteiger partial charge in [0.2, 0.25) is 0 Å². The summed E-state index contributed by atoms with van der Waals surface area (Å²) in [6.07, 6.45) is -17.6. The fraction of sp³-hybridized carbons (Fsp3) is 0.455. The molecule has 336 valence electrons. The molecule has 0 spiro atoms. The first-order valence-electron chi connectivity index (χ1n) is 18.0. The molecule has 0 aliphatic rings. The van der Waals surface area contributed by atoms with E-state index in [1.54, 1.807) is 83.1 Å². The van der Waals surface area contributed by atoms with Crippen LogP contribution in [0.4, 0.5) is 52.7 Å². The van der Waals surface area contributed by atoms with E-state index in [2.05, 4.69) is 0 Å². The normalized spacial score (nSPS) is 12.7. The number of halogens is 12. The van der Waals surface area contributed by atoms with Crippen molar-refractivity contribution >= 4 is 0 Å². The summed E-state index contributed by atoms with van der Waals surface area (Å²) in [4.78, 5) is 0. The zero-order chi connectivity index (χ0) is 47.4. The second-order valence-electron chi connectivity index (χ2n) is 17.8. The maximum atomic E-state index is 12.4. The van der Waals surface area contributed by atoms with E-state index in [0.29, 0.717) is 0 Å². The molecule has 0 atom stereocenters. The van der Waals surface area contributed by atoms with Crippen molar-refractivity contribution in [3.05, 3.63) is 117 Å².